The molecule has 1 heterocycles. The molecule has 0 spiro atoms. The van der Waals surface area contributed by atoms with E-state index in [0.717, 1.165) is 19.4 Å². The Morgan fingerprint density at radius 2 is 2.22 bits per heavy atom. The number of nitrogens with one attached hydrogen (secondary N) is 1. The van der Waals surface area contributed by atoms with Gasteiger partial charge >= 0.3 is 0 Å². The van der Waals surface area contributed by atoms with Crippen LogP contribution in [0.4, 0.5) is 8.78 Å². The zero-order valence-corrected chi connectivity index (χ0v) is 10.8. The molecule has 4 heteroatoms. The standard InChI is InChI=1S/C14H19F2NO/c1-14(16,10-4-3-7-17-9-10)12-6-5-11(18-2)8-13(12)15/h5-6,8,10,17H,3-4,7,9H2,1-2H3. The molecule has 1 saturated heterocycles. The number of rotatable bonds is 3. The van der Waals surface area contributed by atoms with Crippen molar-refractivity contribution in [3.8, 4) is 5.75 Å². The Morgan fingerprint density at radius 1 is 1.44 bits per heavy atom. The van der Waals surface area contributed by atoms with Gasteiger partial charge in [-0.05, 0) is 38.4 Å². The number of benzene rings is 1. The van der Waals surface area contributed by atoms with E-state index < -0.39 is 11.5 Å². The van der Waals surface area contributed by atoms with Crippen LogP contribution in [0.15, 0.2) is 18.2 Å². The molecule has 1 aliphatic heterocycles. The number of ether oxygens (including phenoxy) is 1. The molecule has 1 aromatic rings. The highest BCUT2D eigenvalue weighted by atomic mass is 19.1. The molecule has 2 rings (SSSR count). The minimum Gasteiger partial charge on any atom is -0.497 e. The van der Waals surface area contributed by atoms with E-state index in [-0.39, 0.29) is 11.5 Å². The molecule has 0 aromatic heterocycles. The van der Waals surface area contributed by atoms with Gasteiger partial charge in [-0.25, -0.2) is 8.78 Å². The number of hydrogen-bond acceptors (Lipinski definition) is 2. The highest BCUT2D eigenvalue weighted by Crippen LogP contribution is 2.39. The Morgan fingerprint density at radius 3 is 2.78 bits per heavy atom. The van der Waals surface area contributed by atoms with Gasteiger partial charge in [-0.1, -0.05) is 0 Å². The Kier molecular flexibility index (Phi) is 3.85. The van der Waals surface area contributed by atoms with Crippen molar-refractivity contribution < 1.29 is 13.5 Å². The van der Waals surface area contributed by atoms with Crippen molar-refractivity contribution in [3.63, 3.8) is 0 Å². The molecule has 18 heavy (non-hydrogen) atoms. The lowest BCUT2D eigenvalue weighted by Gasteiger charge is -2.34. The van der Waals surface area contributed by atoms with Crippen molar-refractivity contribution in [2.45, 2.75) is 25.4 Å². The summed E-state index contributed by atoms with van der Waals surface area (Å²) in [7, 11) is 1.47. The van der Waals surface area contributed by atoms with Gasteiger partial charge < -0.3 is 10.1 Å². The molecule has 1 N–H and O–H groups in total. The molecule has 0 saturated carbocycles. The molecule has 2 nitrogen and oxygen atoms in total. The SMILES string of the molecule is COc1ccc(C(C)(F)C2CCCNC2)c(F)c1. The van der Waals surface area contributed by atoms with E-state index in [1.807, 2.05) is 0 Å². The average molecular weight is 255 g/mol. The first-order valence-corrected chi connectivity index (χ1v) is 6.29. The van der Waals surface area contributed by atoms with Crippen molar-refractivity contribution >= 4 is 0 Å². The first kappa shape index (κ1) is 13.3. The first-order valence-electron chi connectivity index (χ1n) is 6.29. The smallest absolute Gasteiger partial charge is 0.140 e. The lowest BCUT2D eigenvalue weighted by molar-refractivity contribution is 0.0771. The summed E-state index contributed by atoms with van der Waals surface area (Å²) in [5, 5.41) is 3.17. The van der Waals surface area contributed by atoms with Crippen molar-refractivity contribution in [1.82, 2.24) is 5.32 Å². The number of piperidine rings is 1. The number of alkyl halides is 1. The molecule has 0 radical (unpaired) electrons. The minimum absolute atomic E-state index is 0.122. The Hall–Kier alpha value is -1.16. The van der Waals surface area contributed by atoms with E-state index in [0.29, 0.717) is 12.3 Å². The van der Waals surface area contributed by atoms with E-state index in [1.54, 1.807) is 6.07 Å². The molecule has 100 valence electrons. The fourth-order valence-corrected chi connectivity index (χ4v) is 2.55. The summed E-state index contributed by atoms with van der Waals surface area (Å²) in [6, 6.07) is 4.33. The van der Waals surface area contributed by atoms with Crippen LogP contribution < -0.4 is 10.1 Å². The lowest BCUT2D eigenvalue weighted by atomic mass is 9.80. The molecular weight excluding hydrogens is 236 g/mol. The Bertz CT molecular complexity index is 414. The second kappa shape index (κ2) is 5.22. The van der Waals surface area contributed by atoms with Crippen LogP contribution in [0.2, 0.25) is 0 Å². The average Bonchev–Trinajstić information content (AvgIpc) is 2.39. The van der Waals surface area contributed by atoms with Gasteiger partial charge in [0.25, 0.3) is 0 Å². The normalized spacial score (nSPS) is 23.4. The molecule has 1 fully saturated rings. The summed E-state index contributed by atoms with van der Waals surface area (Å²) in [6.45, 7) is 2.98. The maximum Gasteiger partial charge on any atom is 0.140 e. The van der Waals surface area contributed by atoms with E-state index in [2.05, 4.69) is 5.32 Å². The second-order valence-electron chi connectivity index (χ2n) is 4.96. The summed E-state index contributed by atoms with van der Waals surface area (Å²) in [5.41, 5.74) is -1.53. The van der Waals surface area contributed by atoms with Gasteiger partial charge in [-0.3, -0.25) is 0 Å². The molecule has 2 atom stereocenters. The van der Waals surface area contributed by atoms with Gasteiger partial charge in [-0.15, -0.1) is 0 Å². The highest BCUT2D eigenvalue weighted by Gasteiger charge is 2.38. The Labute approximate surface area is 106 Å². The van der Waals surface area contributed by atoms with Crippen LogP contribution in [0.1, 0.15) is 25.3 Å². The molecule has 0 bridgehead atoms. The maximum absolute atomic E-state index is 14.9. The summed E-state index contributed by atoms with van der Waals surface area (Å²) in [4.78, 5) is 0. The second-order valence-corrected chi connectivity index (χ2v) is 4.96. The predicted molar refractivity (Wildman–Crippen MR) is 67.0 cm³/mol. The molecule has 0 amide bonds. The third-order valence-corrected chi connectivity index (χ3v) is 3.77. The van der Waals surface area contributed by atoms with Crippen molar-refractivity contribution in [3.05, 3.63) is 29.6 Å². The van der Waals surface area contributed by atoms with Crippen LogP contribution in [0, 0.1) is 11.7 Å². The summed E-state index contributed by atoms with van der Waals surface area (Å²) < 4.78 is 33.8. The largest absolute Gasteiger partial charge is 0.497 e. The molecule has 1 aromatic carbocycles. The quantitative estimate of drug-likeness (QED) is 0.896. The minimum atomic E-state index is -1.65. The van der Waals surface area contributed by atoms with Crippen LogP contribution in [0.5, 0.6) is 5.75 Å². The maximum atomic E-state index is 14.9. The van der Waals surface area contributed by atoms with E-state index in [1.165, 1.54) is 26.2 Å². The highest BCUT2D eigenvalue weighted by molar-refractivity contribution is 5.32. The van der Waals surface area contributed by atoms with Gasteiger partial charge in [0.15, 0.2) is 0 Å². The summed E-state index contributed by atoms with van der Waals surface area (Å²) >= 11 is 0. The molecular formula is C14H19F2NO. The third kappa shape index (κ3) is 2.48. The monoisotopic (exact) mass is 255 g/mol. The van der Waals surface area contributed by atoms with Gasteiger partial charge in [0, 0.05) is 24.1 Å². The Balaban J connectivity index is 2.27. The summed E-state index contributed by atoms with van der Waals surface area (Å²) in [5.74, 6) is -0.312. The van der Waals surface area contributed by atoms with Crippen LogP contribution >= 0.6 is 0 Å². The van der Waals surface area contributed by atoms with Gasteiger partial charge in [-0.2, -0.15) is 0 Å². The van der Waals surface area contributed by atoms with Crippen molar-refractivity contribution in [2.24, 2.45) is 5.92 Å². The molecule has 2 unspecified atom stereocenters. The fraction of sp³-hybridized carbons (Fsp3) is 0.571. The summed E-state index contributed by atoms with van der Waals surface area (Å²) in [6.07, 6.45) is 1.72. The van der Waals surface area contributed by atoms with Gasteiger partial charge in [0.1, 0.15) is 17.2 Å². The first-order chi connectivity index (χ1) is 8.55. The lowest BCUT2D eigenvalue weighted by Crippen LogP contribution is -2.40. The van der Waals surface area contributed by atoms with Crippen LogP contribution in [-0.2, 0) is 5.67 Å². The molecule has 1 aliphatic rings. The predicted octanol–water partition coefficient (Wildman–Crippen LogP) is 3.02. The third-order valence-electron chi connectivity index (χ3n) is 3.77. The molecule has 0 aliphatic carbocycles. The number of hydrogen-bond donors (Lipinski definition) is 1. The van der Waals surface area contributed by atoms with Gasteiger partial charge in [0.2, 0.25) is 0 Å². The number of methoxy groups -OCH3 is 1. The number of halogens is 2. The van der Waals surface area contributed by atoms with Gasteiger partial charge in [0.05, 0.1) is 7.11 Å². The van der Waals surface area contributed by atoms with E-state index >= 15 is 0 Å². The van der Waals surface area contributed by atoms with Crippen molar-refractivity contribution in [1.29, 1.82) is 0 Å². The van der Waals surface area contributed by atoms with Crippen LogP contribution in [0.3, 0.4) is 0 Å². The van der Waals surface area contributed by atoms with Crippen LogP contribution in [0.25, 0.3) is 0 Å². The van der Waals surface area contributed by atoms with E-state index in [4.69, 9.17) is 4.74 Å². The zero-order valence-electron chi connectivity index (χ0n) is 10.8. The topological polar surface area (TPSA) is 21.3 Å². The zero-order chi connectivity index (χ0) is 13.2. The van der Waals surface area contributed by atoms with Crippen LogP contribution in [-0.4, -0.2) is 20.2 Å². The van der Waals surface area contributed by atoms with E-state index in [9.17, 15) is 8.78 Å². The fourth-order valence-electron chi connectivity index (χ4n) is 2.55. The van der Waals surface area contributed by atoms with Crippen molar-refractivity contribution in [2.75, 3.05) is 20.2 Å².